The van der Waals surface area contributed by atoms with Gasteiger partial charge in [-0.2, -0.15) is 5.26 Å². The summed E-state index contributed by atoms with van der Waals surface area (Å²) in [4.78, 5) is 0. The van der Waals surface area contributed by atoms with E-state index in [1.165, 1.54) is 0 Å². The molecule has 0 aliphatic heterocycles. The molecule has 0 saturated heterocycles. The number of benzene rings is 3. The Kier molecular flexibility index (Phi) is 5.56. The molecule has 26 heavy (non-hydrogen) atoms. The standard InChI is InChI=1S/C23H21NO2/c1-17(2)26-22-13-12-19(14-20(22)15-24)21-10-6-7-11-23(21)25-16-18-8-4-3-5-9-18/h3-14,17H,16H2,1-2H3. The molecule has 0 N–H and O–H groups in total. The fraction of sp³-hybridized carbons (Fsp3) is 0.174. The highest BCUT2D eigenvalue weighted by Gasteiger charge is 2.11. The van der Waals surface area contributed by atoms with Crippen LogP contribution in [0.5, 0.6) is 11.5 Å². The first-order valence-corrected chi connectivity index (χ1v) is 8.64. The van der Waals surface area contributed by atoms with Gasteiger partial charge in [-0.1, -0.05) is 54.6 Å². The van der Waals surface area contributed by atoms with E-state index >= 15 is 0 Å². The summed E-state index contributed by atoms with van der Waals surface area (Å²) in [6, 6.07) is 25.8. The zero-order chi connectivity index (χ0) is 18.4. The molecular weight excluding hydrogens is 322 g/mol. The van der Waals surface area contributed by atoms with Crippen LogP contribution in [-0.4, -0.2) is 6.10 Å². The van der Waals surface area contributed by atoms with Gasteiger partial charge in [0, 0.05) is 5.56 Å². The van der Waals surface area contributed by atoms with Crippen LogP contribution < -0.4 is 9.47 Å². The van der Waals surface area contributed by atoms with E-state index in [9.17, 15) is 5.26 Å². The Morgan fingerprint density at radius 1 is 0.885 bits per heavy atom. The van der Waals surface area contributed by atoms with Crippen molar-refractivity contribution in [3.63, 3.8) is 0 Å². The monoisotopic (exact) mass is 343 g/mol. The second kappa shape index (κ2) is 8.22. The molecule has 0 saturated carbocycles. The molecule has 0 aliphatic carbocycles. The van der Waals surface area contributed by atoms with E-state index in [2.05, 4.69) is 6.07 Å². The van der Waals surface area contributed by atoms with Crippen LogP contribution in [0.2, 0.25) is 0 Å². The number of hydrogen-bond acceptors (Lipinski definition) is 3. The molecule has 0 fully saturated rings. The molecule has 0 heterocycles. The third-order valence-corrected chi connectivity index (χ3v) is 3.90. The second-order valence-corrected chi connectivity index (χ2v) is 6.26. The van der Waals surface area contributed by atoms with Crippen molar-refractivity contribution in [2.24, 2.45) is 0 Å². The van der Waals surface area contributed by atoms with Crippen LogP contribution >= 0.6 is 0 Å². The van der Waals surface area contributed by atoms with Gasteiger partial charge in [0.1, 0.15) is 24.2 Å². The maximum atomic E-state index is 9.46. The van der Waals surface area contributed by atoms with Crippen LogP contribution in [0.25, 0.3) is 11.1 Å². The third-order valence-electron chi connectivity index (χ3n) is 3.90. The van der Waals surface area contributed by atoms with Crippen molar-refractivity contribution >= 4 is 0 Å². The molecule has 0 spiro atoms. The maximum absolute atomic E-state index is 9.46. The number of nitriles is 1. The molecule has 3 aromatic rings. The zero-order valence-electron chi connectivity index (χ0n) is 15.0. The van der Waals surface area contributed by atoms with Crippen molar-refractivity contribution < 1.29 is 9.47 Å². The molecule has 0 bridgehead atoms. The lowest BCUT2D eigenvalue weighted by Crippen LogP contribution is -2.06. The largest absolute Gasteiger partial charge is 0.490 e. The summed E-state index contributed by atoms with van der Waals surface area (Å²) < 4.78 is 11.7. The van der Waals surface area contributed by atoms with Crippen LogP contribution in [-0.2, 0) is 6.61 Å². The van der Waals surface area contributed by atoms with Gasteiger partial charge in [-0.25, -0.2) is 0 Å². The van der Waals surface area contributed by atoms with E-state index < -0.39 is 0 Å². The minimum absolute atomic E-state index is 0.0226. The van der Waals surface area contributed by atoms with E-state index in [4.69, 9.17) is 9.47 Å². The lowest BCUT2D eigenvalue weighted by molar-refractivity contribution is 0.242. The number of nitrogens with zero attached hydrogens (tertiary/aromatic N) is 1. The molecule has 3 nitrogen and oxygen atoms in total. The fourth-order valence-corrected chi connectivity index (χ4v) is 2.71. The van der Waals surface area contributed by atoms with Crippen LogP contribution in [0.3, 0.4) is 0 Å². The lowest BCUT2D eigenvalue weighted by Gasteiger charge is -2.14. The number of hydrogen-bond donors (Lipinski definition) is 0. The minimum atomic E-state index is 0.0226. The Hall–Kier alpha value is -3.25. The number of ether oxygens (including phenoxy) is 2. The molecule has 0 atom stereocenters. The molecule has 0 amide bonds. The molecule has 3 heteroatoms. The summed E-state index contributed by atoms with van der Waals surface area (Å²) in [6.45, 7) is 4.39. The van der Waals surface area contributed by atoms with Crippen molar-refractivity contribution in [2.75, 3.05) is 0 Å². The normalized spacial score (nSPS) is 10.4. The Morgan fingerprint density at radius 3 is 2.35 bits per heavy atom. The smallest absolute Gasteiger partial charge is 0.137 e. The number of rotatable bonds is 6. The van der Waals surface area contributed by atoms with Crippen LogP contribution in [0.4, 0.5) is 0 Å². The van der Waals surface area contributed by atoms with E-state index in [0.717, 1.165) is 22.4 Å². The predicted molar refractivity (Wildman–Crippen MR) is 103 cm³/mol. The van der Waals surface area contributed by atoms with Crippen molar-refractivity contribution in [1.82, 2.24) is 0 Å². The summed E-state index contributed by atoms with van der Waals surface area (Å²) in [5, 5.41) is 9.46. The quantitative estimate of drug-likeness (QED) is 0.586. The Balaban J connectivity index is 1.89. The van der Waals surface area contributed by atoms with Gasteiger partial charge in [-0.15, -0.1) is 0 Å². The second-order valence-electron chi connectivity index (χ2n) is 6.26. The Bertz CT molecular complexity index is 911. The molecule has 3 aromatic carbocycles. The lowest BCUT2D eigenvalue weighted by atomic mass is 10.0. The molecule has 3 rings (SSSR count). The molecule has 0 radical (unpaired) electrons. The average molecular weight is 343 g/mol. The van der Waals surface area contributed by atoms with Gasteiger partial charge in [-0.3, -0.25) is 0 Å². The van der Waals surface area contributed by atoms with Gasteiger partial charge in [0.2, 0.25) is 0 Å². The highest BCUT2D eigenvalue weighted by atomic mass is 16.5. The van der Waals surface area contributed by atoms with Gasteiger partial charge in [0.05, 0.1) is 11.7 Å². The van der Waals surface area contributed by atoms with Gasteiger partial charge in [0.15, 0.2) is 0 Å². The summed E-state index contributed by atoms with van der Waals surface area (Å²) in [6.07, 6.45) is 0.0226. The fourth-order valence-electron chi connectivity index (χ4n) is 2.71. The van der Waals surface area contributed by atoms with Crippen molar-refractivity contribution in [3.8, 4) is 28.7 Å². The Morgan fingerprint density at radius 2 is 1.62 bits per heavy atom. The summed E-state index contributed by atoms with van der Waals surface area (Å²) in [5.41, 5.74) is 3.52. The van der Waals surface area contributed by atoms with Gasteiger partial charge < -0.3 is 9.47 Å². The molecule has 0 aliphatic rings. The topological polar surface area (TPSA) is 42.2 Å². The SMILES string of the molecule is CC(C)Oc1ccc(-c2ccccc2OCc2ccccc2)cc1C#N. The van der Waals surface area contributed by atoms with Crippen molar-refractivity contribution in [3.05, 3.63) is 83.9 Å². The third kappa shape index (κ3) is 4.23. The molecule has 130 valence electrons. The highest BCUT2D eigenvalue weighted by Crippen LogP contribution is 2.33. The minimum Gasteiger partial charge on any atom is -0.490 e. The molecular formula is C23H21NO2. The average Bonchev–Trinajstić information content (AvgIpc) is 2.67. The van der Waals surface area contributed by atoms with E-state index in [1.54, 1.807) is 0 Å². The van der Waals surface area contributed by atoms with Gasteiger partial charge in [-0.05, 0) is 43.2 Å². The van der Waals surface area contributed by atoms with Gasteiger partial charge >= 0.3 is 0 Å². The maximum Gasteiger partial charge on any atom is 0.137 e. The predicted octanol–water partition coefficient (Wildman–Crippen LogP) is 5.59. The zero-order valence-corrected chi connectivity index (χ0v) is 15.0. The van der Waals surface area contributed by atoms with Crippen molar-refractivity contribution in [1.29, 1.82) is 5.26 Å². The summed E-state index contributed by atoms with van der Waals surface area (Å²) in [7, 11) is 0. The first-order chi connectivity index (χ1) is 12.7. The first-order valence-electron chi connectivity index (χ1n) is 8.64. The van der Waals surface area contributed by atoms with Crippen LogP contribution in [0, 0.1) is 11.3 Å². The van der Waals surface area contributed by atoms with E-state index in [0.29, 0.717) is 17.9 Å². The summed E-state index contributed by atoms with van der Waals surface area (Å²) in [5.74, 6) is 1.40. The van der Waals surface area contributed by atoms with E-state index in [1.807, 2.05) is 86.6 Å². The van der Waals surface area contributed by atoms with Gasteiger partial charge in [0.25, 0.3) is 0 Å². The first kappa shape index (κ1) is 17.6. The van der Waals surface area contributed by atoms with Crippen LogP contribution in [0.1, 0.15) is 25.0 Å². The molecule has 0 unspecified atom stereocenters. The highest BCUT2D eigenvalue weighted by molar-refractivity contribution is 5.72. The summed E-state index contributed by atoms with van der Waals surface area (Å²) >= 11 is 0. The van der Waals surface area contributed by atoms with Crippen molar-refractivity contribution in [2.45, 2.75) is 26.6 Å². The van der Waals surface area contributed by atoms with Crippen LogP contribution in [0.15, 0.2) is 72.8 Å². The Labute approximate surface area is 154 Å². The van der Waals surface area contributed by atoms with E-state index in [-0.39, 0.29) is 6.10 Å². The molecule has 0 aromatic heterocycles. The number of para-hydroxylation sites is 1.